The van der Waals surface area contributed by atoms with Crippen LogP contribution in [0.4, 0.5) is 0 Å². The van der Waals surface area contributed by atoms with Gasteiger partial charge in [-0.3, -0.25) is 0 Å². The Bertz CT molecular complexity index is 567. The summed E-state index contributed by atoms with van der Waals surface area (Å²) < 4.78 is 0. The Labute approximate surface area is 126 Å². The molecule has 0 aliphatic carbocycles. The Kier molecular flexibility index (Phi) is 3.86. The normalized spacial score (nSPS) is 12.1. The summed E-state index contributed by atoms with van der Waals surface area (Å²) in [6, 6.07) is 31.7. The predicted octanol–water partition coefficient (Wildman–Crippen LogP) is 5.81. The molecule has 0 unspecified atom stereocenters. The Hall–Kier alpha value is -1.64. The van der Waals surface area contributed by atoms with E-state index in [0.29, 0.717) is 0 Å². The molecular formula is C18H16S2. The van der Waals surface area contributed by atoms with Crippen LogP contribution >= 0.6 is 20.7 Å². The highest BCUT2D eigenvalue weighted by molar-refractivity contribution is 8.88. The summed E-state index contributed by atoms with van der Waals surface area (Å²) in [5.41, 5.74) is 0. The predicted molar refractivity (Wildman–Crippen MR) is 90.7 cm³/mol. The molecule has 100 valence electrons. The highest BCUT2D eigenvalue weighted by Crippen LogP contribution is 2.71. The lowest BCUT2D eigenvalue weighted by Crippen LogP contribution is -1.96. The molecule has 20 heavy (non-hydrogen) atoms. The fourth-order valence-corrected chi connectivity index (χ4v) is 5.83. The van der Waals surface area contributed by atoms with Gasteiger partial charge in [0.05, 0.1) is 0 Å². The summed E-state index contributed by atoms with van der Waals surface area (Å²) in [4.78, 5) is 3.79. The molecule has 3 aromatic rings. The molecule has 0 spiro atoms. The van der Waals surface area contributed by atoms with Crippen LogP contribution in [0.15, 0.2) is 106 Å². The number of thiol groups is 1. The Morgan fingerprint density at radius 3 is 0.950 bits per heavy atom. The van der Waals surface area contributed by atoms with Gasteiger partial charge in [-0.05, 0) is 36.4 Å². The van der Waals surface area contributed by atoms with Gasteiger partial charge in [-0.1, -0.05) is 54.6 Å². The molecule has 0 radical (unpaired) electrons. The van der Waals surface area contributed by atoms with E-state index in [9.17, 15) is 0 Å². The van der Waals surface area contributed by atoms with E-state index in [0.717, 1.165) is 0 Å². The smallest absolute Gasteiger partial charge is 0.00707 e. The van der Waals surface area contributed by atoms with Gasteiger partial charge in [0, 0.05) is 14.7 Å². The van der Waals surface area contributed by atoms with Crippen LogP contribution in [0.2, 0.25) is 0 Å². The average molecular weight is 296 g/mol. The van der Waals surface area contributed by atoms with Crippen molar-refractivity contribution in [2.24, 2.45) is 0 Å². The number of benzene rings is 3. The van der Waals surface area contributed by atoms with Gasteiger partial charge in [-0.25, -0.2) is 0 Å². The molecule has 0 N–H and O–H groups in total. The second-order valence-electron chi connectivity index (χ2n) is 4.52. The standard InChI is InChI=1S/C18H16S2/c19-20(16-10-4-1-5-11-16,17-12-6-2-7-13-17)18-14-8-3-9-15-18/h1-15,19H. The molecule has 0 atom stereocenters. The lowest BCUT2D eigenvalue weighted by atomic mass is 10.4. The second-order valence-corrected chi connectivity index (χ2v) is 8.74. The van der Waals surface area contributed by atoms with Gasteiger partial charge in [0.1, 0.15) is 0 Å². The van der Waals surface area contributed by atoms with Crippen LogP contribution in [0.25, 0.3) is 0 Å². The molecule has 0 aromatic heterocycles. The number of hydrogen-bond donors (Lipinski definition) is 1. The summed E-state index contributed by atoms with van der Waals surface area (Å²) in [5, 5.41) is 0. The highest BCUT2D eigenvalue weighted by atomic mass is 33.1. The first kappa shape index (κ1) is 13.3. The van der Waals surface area contributed by atoms with E-state index >= 15 is 0 Å². The largest absolute Gasteiger partial charge is 0.118 e. The van der Waals surface area contributed by atoms with Crippen LogP contribution in [-0.4, -0.2) is 0 Å². The van der Waals surface area contributed by atoms with Crippen molar-refractivity contribution in [1.82, 2.24) is 0 Å². The topological polar surface area (TPSA) is 0 Å². The van der Waals surface area contributed by atoms with E-state index < -0.39 is 9.06 Å². The third-order valence-corrected chi connectivity index (χ3v) is 8.01. The van der Waals surface area contributed by atoms with E-state index in [2.05, 4.69) is 72.8 Å². The number of hydrogen-bond acceptors (Lipinski definition) is 1. The third-order valence-electron chi connectivity index (χ3n) is 3.25. The first-order chi connectivity index (χ1) is 9.82. The molecule has 3 rings (SSSR count). The zero-order valence-electron chi connectivity index (χ0n) is 11.0. The second kappa shape index (κ2) is 5.78. The van der Waals surface area contributed by atoms with Crippen molar-refractivity contribution in [2.45, 2.75) is 14.7 Å². The molecule has 0 nitrogen and oxygen atoms in total. The minimum atomic E-state index is -1.48. The molecule has 0 aliphatic rings. The summed E-state index contributed by atoms with van der Waals surface area (Å²) in [6.45, 7) is 0. The van der Waals surface area contributed by atoms with Gasteiger partial charge in [-0.15, -0.1) is 20.7 Å². The minimum absolute atomic E-state index is 1.26. The molecule has 0 aliphatic heterocycles. The first-order valence-corrected chi connectivity index (χ1v) is 9.21. The lowest BCUT2D eigenvalue weighted by Gasteiger charge is -2.36. The molecule has 0 heterocycles. The molecule has 2 heteroatoms. The molecule has 0 saturated heterocycles. The van der Waals surface area contributed by atoms with Crippen LogP contribution in [-0.2, 0) is 0 Å². The van der Waals surface area contributed by atoms with Crippen LogP contribution in [0.3, 0.4) is 0 Å². The Balaban J connectivity index is 2.24. The van der Waals surface area contributed by atoms with Crippen molar-refractivity contribution in [3.63, 3.8) is 0 Å². The van der Waals surface area contributed by atoms with Gasteiger partial charge < -0.3 is 0 Å². The Morgan fingerprint density at radius 2 is 0.700 bits per heavy atom. The van der Waals surface area contributed by atoms with Crippen LogP contribution < -0.4 is 0 Å². The molecule has 0 fully saturated rings. The summed E-state index contributed by atoms with van der Waals surface area (Å²) in [6.07, 6.45) is 0. The van der Waals surface area contributed by atoms with Crippen LogP contribution in [0, 0.1) is 0 Å². The maximum Gasteiger partial charge on any atom is 0.00707 e. The maximum atomic E-state index is 5.17. The zero-order chi connectivity index (χ0) is 13.8. The lowest BCUT2D eigenvalue weighted by molar-refractivity contribution is 1.32. The van der Waals surface area contributed by atoms with Gasteiger partial charge in [0.15, 0.2) is 0 Å². The molecule has 3 aromatic carbocycles. The summed E-state index contributed by atoms with van der Waals surface area (Å²) in [7, 11) is -1.48. The van der Waals surface area contributed by atoms with Crippen molar-refractivity contribution in [3.8, 4) is 0 Å². The van der Waals surface area contributed by atoms with Crippen molar-refractivity contribution in [2.75, 3.05) is 0 Å². The molecule has 0 saturated carbocycles. The fraction of sp³-hybridized carbons (Fsp3) is 0. The van der Waals surface area contributed by atoms with E-state index in [1.807, 2.05) is 18.2 Å². The van der Waals surface area contributed by atoms with Gasteiger partial charge in [0.25, 0.3) is 0 Å². The Morgan fingerprint density at radius 1 is 0.450 bits per heavy atom. The van der Waals surface area contributed by atoms with Gasteiger partial charge in [0.2, 0.25) is 0 Å². The molecular weight excluding hydrogens is 280 g/mol. The van der Waals surface area contributed by atoms with E-state index in [1.165, 1.54) is 14.7 Å². The monoisotopic (exact) mass is 296 g/mol. The van der Waals surface area contributed by atoms with Crippen molar-refractivity contribution in [3.05, 3.63) is 91.0 Å². The van der Waals surface area contributed by atoms with Crippen molar-refractivity contribution < 1.29 is 0 Å². The summed E-state index contributed by atoms with van der Waals surface area (Å²) in [5.74, 6) is 0. The molecule has 0 amide bonds. The van der Waals surface area contributed by atoms with Gasteiger partial charge in [-0.2, -0.15) is 0 Å². The summed E-state index contributed by atoms with van der Waals surface area (Å²) >= 11 is 5.17. The van der Waals surface area contributed by atoms with Gasteiger partial charge >= 0.3 is 0 Å². The third kappa shape index (κ3) is 2.37. The quantitative estimate of drug-likeness (QED) is 0.457. The van der Waals surface area contributed by atoms with Crippen LogP contribution in [0.1, 0.15) is 0 Å². The highest BCUT2D eigenvalue weighted by Gasteiger charge is 2.26. The van der Waals surface area contributed by atoms with E-state index in [-0.39, 0.29) is 0 Å². The van der Waals surface area contributed by atoms with Crippen molar-refractivity contribution in [1.29, 1.82) is 0 Å². The fourth-order valence-electron chi connectivity index (χ4n) is 2.26. The molecule has 0 bridgehead atoms. The van der Waals surface area contributed by atoms with Crippen molar-refractivity contribution >= 4 is 20.7 Å². The van der Waals surface area contributed by atoms with Crippen LogP contribution in [0.5, 0.6) is 0 Å². The van der Waals surface area contributed by atoms with E-state index in [4.69, 9.17) is 11.7 Å². The number of rotatable bonds is 3. The average Bonchev–Trinajstić information content (AvgIpc) is 2.56. The van der Waals surface area contributed by atoms with E-state index in [1.54, 1.807) is 0 Å². The zero-order valence-corrected chi connectivity index (χ0v) is 12.7. The minimum Gasteiger partial charge on any atom is -0.118 e. The first-order valence-electron chi connectivity index (χ1n) is 6.53. The SMILES string of the molecule is SS(c1ccccc1)(c1ccccc1)c1ccccc1. The maximum absolute atomic E-state index is 5.17.